The lowest BCUT2D eigenvalue weighted by atomic mass is 10.2. The highest BCUT2D eigenvalue weighted by Crippen LogP contribution is 2.14. The van der Waals surface area contributed by atoms with Crippen molar-refractivity contribution in [3.8, 4) is 17.6 Å². The zero-order valence-corrected chi connectivity index (χ0v) is 9.82. The van der Waals surface area contributed by atoms with Crippen LogP contribution >= 0.6 is 0 Å². The maximum Gasteiger partial charge on any atom is 0.339 e. The second-order valence-corrected chi connectivity index (χ2v) is 3.45. The lowest BCUT2D eigenvalue weighted by Crippen LogP contribution is -1.95. The Labute approximate surface area is 109 Å². The fourth-order valence-electron chi connectivity index (χ4n) is 1.22. The van der Waals surface area contributed by atoms with Crippen molar-refractivity contribution < 1.29 is 20.1 Å². The van der Waals surface area contributed by atoms with Crippen LogP contribution in [-0.2, 0) is 0 Å². The predicted octanol–water partition coefficient (Wildman–Crippen LogP) is 2.35. The Morgan fingerprint density at radius 3 is 1.84 bits per heavy atom. The topological polar surface area (TPSA) is 102 Å². The minimum absolute atomic E-state index is 0.0417. The molecule has 5 nitrogen and oxygen atoms in total. The van der Waals surface area contributed by atoms with Crippen molar-refractivity contribution in [2.75, 3.05) is 0 Å². The highest BCUT2D eigenvalue weighted by Gasteiger charge is 2.05. The summed E-state index contributed by atoms with van der Waals surface area (Å²) in [4.78, 5) is 10.3. The standard InChI is InChI=1S/C7H5NO.C7H6O3/c8-5-6-3-1-2-4-7(6)9;8-6-4-2-1-3-5(6)7(9)10/h1-4,9H;1-4,8H,(H,9,10). The molecule has 0 bridgehead atoms. The molecule has 0 radical (unpaired) electrons. The number of benzene rings is 2. The van der Waals surface area contributed by atoms with Crippen LogP contribution in [0.2, 0.25) is 0 Å². The first kappa shape index (κ1) is 14.1. The molecule has 0 aliphatic carbocycles. The molecule has 0 spiro atoms. The van der Waals surface area contributed by atoms with Crippen molar-refractivity contribution in [2.24, 2.45) is 0 Å². The van der Waals surface area contributed by atoms with Crippen molar-refractivity contribution in [1.82, 2.24) is 0 Å². The van der Waals surface area contributed by atoms with Crippen molar-refractivity contribution in [3.63, 3.8) is 0 Å². The SMILES string of the molecule is N#Cc1ccccc1O.O=C(O)c1ccccc1O. The Bertz CT molecular complexity index is 617. The van der Waals surface area contributed by atoms with E-state index in [9.17, 15) is 4.79 Å². The molecule has 2 aromatic carbocycles. The molecule has 0 saturated carbocycles. The van der Waals surface area contributed by atoms with E-state index >= 15 is 0 Å². The number of aromatic carboxylic acids is 1. The molecule has 2 aromatic rings. The summed E-state index contributed by atoms with van der Waals surface area (Å²) in [6.45, 7) is 0. The van der Waals surface area contributed by atoms with Gasteiger partial charge in [0.25, 0.3) is 0 Å². The van der Waals surface area contributed by atoms with Gasteiger partial charge in [-0.2, -0.15) is 5.26 Å². The Balaban J connectivity index is 0.000000191. The van der Waals surface area contributed by atoms with Gasteiger partial charge in [-0.25, -0.2) is 4.79 Å². The summed E-state index contributed by atoms with van der Waals surface area (Å²) >= 11 is 0. The molecule has 0 aromatic heterocycles. The molecule has 0 saturated heterocycles. The summed E-state index contributed by atoms with van der Waals surface area (Å²) in [5, 5.41) is 34.5. The summed E-state index contributed by atoms with van der Waals surface area (Å²) in [5.74, 6) is -1.27. The van der Waals surface area contributed by atoms with Gasteiger partial charge in [0, 0.05) is 0 Å². The van der Waals surface area contributed by atoms with E-state index in [1.807, 2.05) is 6.07 Å². The van der Waals surface area contributed by atoms with Gasteiger partial charge in [-0.3, -0.25) is 0 Å². The molecule has 3 N–H and O–H groups in total. The second kappa shape index (κ2) is 6.67. The third kappa shape index (κ3) is 4.06. The van der Waals surface area contributed by atoms with Crippen molar-refractivity contribution in [3.05, 3.63) is 59.7 Å². The van der Waals surface area contributed by atoms with Crippen LogP contribution < -0.4 is 0 Å². The molecule has 0 atom stereocenters. The number of carboxylic acid groups (broad SMARTS) is 1. The number of nitriles is 1. The van der Waals surface area contributed by atoms with Crippen molar-refractivity contribution in [1.29, 1.82) is 5.26 Å². The number of rotatable bonds is 1. The number of hydrogen-bond acceptors (Lipinski definition) is 4. The van der Waals surface area contributed by atoms with E-state index in [2.05, 4.69) is 0 Å². The fraction of sp³-hybridized carbons (Fsp3) is 0. The third-order valence-corrected chi connectivity index (χ3v) is 2.16. The minimum atomic E-state index is -1.11. The first-order valence-electron chi connectivity index (χ1n) is 5.25. The van der Waals surface area contributed by atoms with Gasteiger partial charge in [0.05, 0.1) is 5.56 Å². The number of para-hydroxylation sites is 2. The summed E-state index contributed by atoms with van der Waals surface area (Å²) in [5.41, 5.74) is 0.250. The van der Waals surface area contributed by atoms with E-state index in [4.69, 9.17) is 20.6 Å². The molecule has 2 rings (SSSR count). The van der Waals surface area contributed by atoms with Gasteiger partial charge >= 0.3 is 5.97 Å². The lowest BCUT2D eigenvalue weighted by Gasteiger charge is -1.95. The van der Waals surface area contributed by atoms with E-state index in [-0.39, 0.29) is 17.1 Å². The summed E-state index contributed by atoms with van der Waals surface area (Å²) < 4.78 is 0. The Hall–Kier alpha value is -3.00. The zero-order valence-electron chi connectivity index (χ0n) is 9.82. The van der Waals surface area contributed by atoms with Crippen LogP contribution in [0.3, 0.4) is 0 Å². The molecule has 0 fully saturated rings. The van der Waals surface area contributed by atoms with E-state index in [0.29, 0.717) is 5.56 Å². The van der Waals surface area contributed by atoms with Crippen LogP contribution in [0.1, 0.15) is 15.9 Å². The van der Waals surface area contributed by atoms with Crippen LogP contribution in [0.4, 0.5) is 0 Å². The molecule has 19 heavy (non-hydrogen) atoms. The number of nitrogens with zero attached hydrogens (tertiary/aromatic N) is 1. The minimum Gasteiger partial charge on any atom is -0.507 e. The zero-order chi connectivity index (χ0) is 14.3. The Morgan fingerprint density at radius 2 is 1.47 bits per heavy atom. The van der Waals surface area contributed by atoms with Crippen molar-refractivity contribution >= 4 is 5.97 Å². The lowest BCUT2D eigenvalue weighted by molar-refractivity contribution is 0.0693. The van der Waals surface area contributed by atoms with E-state index < -0.39 is 5.97 Å². The molecular weight excluding hydrogens is 246 g/mol. The molecule has 0 aliphatic heterocycles. The Kier molecular flexibility index (Phi) is 4.93. The van der Waals surface area contributed by atoms with Crippen LogP contribution in [0.25, 0.3) is 0 Å². The second-order valence-electron chi connectivity index (χ2n) is 3.45. The molecule has 0 heterocycles. The molecule has 0 amide bonds. The Morgan fingerprint density at radius 1 is 0.947 bits per heavy atom. The van der Waals surface area contributed by atoms with Gasteiger partial charge in [-0.1, -0.05) is 24.3 Å². The predicted molar refractivity (Wildman–Crippen MR) is 67.9 cm³/mol. The van der Waals surface area contributed by atoms with Gasteiger partial charge in [0.15, 0.2) is 0 Å². The van der Waals surface area contributed by atoms with Crippen LogP contribution in [-0.4, -0.2) is 21.3 Å². The summed E-state index contributed by atoms with van der Waals surface area (Å²) in [7, 11) is 0. The normalized spacial score (nSPS) is 8.79. The number of hydrogen-bond donors (Lipinski definition) is 3. The smallest absolute Gasteiger partial charge is 0.339 e. The first-order chi connectivity index (χ1) is 9.06. The molecule has 0 unspecified atom stereocenters. The molecule has 5 heteroatoms. The third-order valence-electron chi connectivity index (χ3n) is 2.16. The van der Waals surface area contributed by atoms with Gasteiger partial charge < -0.3 is 15.3 Å². The molecular formula is C14H11NO4. The van der Waals surface area contributed by atoms with Gasteiger partial charge in [0.1, 0.15) is 23.1 Å². The maximum atomic E-state index is 10.3. The van der Waals surface area contributed by atoms with Gasteiger partial charge in [-0.05, 0) is 24.3 Å². The quantitative estimate of drug-likeness (QED) is 0.727. The number of carboxylic acids is 1. The monoisotopic (exact) mass is 257 g/mol. The molecule has 0 aliphatic rings. The highest BCUT2D eigenvalue weighted by atomic mass is 16.4. The van der Waals surface area contributed by atoms with E-state index in [0.717, 1.165) is 0 Å². The van der Waals surface area contributed by atoms with Crippen LogP contribution in [0.5, 0.6) is 11.5 Å². The van der Waals surface area contributed by atoms with Gasteiger partial charge in [0.2, 0.25) is 0 Å². The van der Waals surface area contributed by atoms with Crippen LogP contribution in [0.15, 0.2) is 48.5 Å². The van der Waals surface area contributed by atoms with E-state index in [1.54, 1.807) is 30.3 Å². The highest BCUT2D eigenvalue weighted by molar-refractivity contribution is 5.90. The fourth-order valence-corrected chi connectivity index (χ4v) is 1.22. The number of phenolic OH excluding ortho intramolecular Hbond substituents is 1. The summed E-state index contributed by atoms with van der Waals surface area (Å²) in [6, 6.07) is 14.1. The largest absolute Gasteiger partial charge is 0.507 e. The van der Waals surface area contributed by atoms with Crippen molar-refractivity contribution in [2.45, 2.75) is 0 Å². The average molecular weight is 257 g/mol. The van der Waals surface area contributed by atoms with Gasteiger partial charge in [-0.15, -0.1) is 0 Å². The van der Waals surface area contributed by atoms with Crippen LogP contribution in [0, 0.1) is 11.3 Å². The number of carbonyl (C=O) groups is 1. The average Bonchev–Trinajstić information content (AvgIpc) is 2.40. The molecule has 96 valence electrons. The number of phenols is 2. The summed E-state index contributed by atoms with van der Waals surface area (Å²) in [6.07, 6.45) is 0. The first-order valence-corrected chi connectivity index (χ1v) is 5.25. The van der Waals surface area contributed by atoms with E-state index in [1.165, 1.54) is 18.2 Å². The maximum absolute atomic E-state index is 10.3. The number of aromatic hydroxyl groups is 2.